The van der Waals surface area contributed by atoms with Gasteiger partial charge in [0.2, 0.25) is 11.8 Å². The molecule has 0 aromatic carbocycles. The molecule has 1 unspecified atom stereocenters. The molecule has 5 heteroatoms. The summed E-state index contributed by atoms with van der Waals surface area (Å²) in [5.74, 6) is 1.45. The highest BCUT2D eigenvalue weighted by atomic mass is 16.4. The molecule has 5 nitrogen and oxygen atoms in total. The lowest BCUT2D eigenvalue weighted by atomic mass is 9.86. The lowest BCUT2D eigenvalue weighted by Gasteiger charge is -2.19. The molecule has 0 saturated heterocycles. The third-order valence-corrected chi connectivity index (χ3v) is 3.46. The Labute approximate surface area is 107 Å². The van der Waals surface area contributed by atoms with Crippen LogP contribution < -0.4 is 0 Å². The first-order valence-corrected chi connectivity index (χ1v) is 6.41. The Morgan fingerprint density at radius 2 is 2.17 bits per heavy atom. The zero-order valence-corrected chi connectivity index (χ0v) is 11.1. The number of carbonyl (C=O) groups is 1. The maximum absolute atomic E-state index is 10.7. The van der Waals surface area contributed by atoms with Crippen molar-refractivity contribution >= 4 is 5.97 Å². The van der Waals surface area contributed by atoms with Crippen LogP contribution in [0.2, 0.25) is 0 Å². The van der Waals surface area contributed by atoms with E-state index in [0.29, 0.717) is 30.0 Å². The van der Waals surface area contributed by atoms with E-state index < -0.39 is 5.97 Å². The van der Waals surface area contributed by atoms with Crippen molar-refractivity contribution in [2.45, 2.75) is 52.4 Å². The van der Waals surface area contributed by atoms with Crippen LogP contribution in [0.4, 0.5) is 0 Å². The molecule has 1 aliphatic carbocycles. The summed E-state index contributed by atoms with van der Waals surface area (Å²) in [5.41, 5.74) is -0.363. The predicted molar refractivity (Wildman–Crippen MR) is 65.2 cm³/mol. The fourth-order valence-electron chi connectivity index (χ4n) is 2.20. The van der Waals surface area contributed by atoms with E-state index in [0.717, 1.165) is 0 Å². The summed E-state index contributed by atoms with van der Waals surface area (Å²) in [6.45, 7) is 5.90. The van der Waals surface area contributed by atoms with Gasteiger partial charge in [-0.1, -0.05) is 20.8 Å². The van der Waals surface area contributed by atoms with Gasteiger partial charge in [0.05, 0.1) is 6.42 Å². The fraction of sp³-hybridized carbons (Fsp3) is 0.769. The largest absolute Gasteiger partial charge is 0.481 e. The second kappa shape index (κ2) is 4.71. The molecule has 100 valence electrons. The summed E-state index contributed by atoms with van der Waals surface area (Å²) < 4.78 is 5.65. The molecule has 1 aromatic heterocycles. The van der Waals surface area contributed by atoms with Crippen LogP contribution in [0.1, 0.15) is 57.7 Å². The standard InChI is InChI=1S/C13H20N2O3/c1-8(9-4-5-9)12-15-14-10(18-12)6-13(2,3)7-11(16)17/h8-9H,4-7H2,1-3H3,(H,16,17). The van der Waals surface area contributed by atoms with Gasteiger partial charge in [0.25, 0.3) is 0 Å². The minimum absolute atomic E-state index is 0.100. The van der Waals surface area contributed by atoms with Crippen LogP contribution >= 0.6 is 0 Å². The maximum Gasteiger partial charge on any atom is 0.303 e. The molecular weight excluding hydrogens is 232 g/mol. The Bertz CT molecular complexity index is 435. The molecule has 1 aliphatic rings. The summed E-state index contributed by atoms with van der Waals surface area (Å²) in [6.07, 6.45) is 3.08. The number of aliphatic carboxylic acids is 1. The van der Waals surface area contributed by atoms with Crippen molar-refractivity contribution < 1.29 is 14.3 Å². The normalized spacial score (nSPS) is 17.7. The quantitative estimate of drug-likeness (QED) is 0.842. The van der Waals surface area contributed by atoms with Crippen molar-refractivity contribution in [2.24, 2.45) is 11.3 Å². The summed E-state index contributed by atoms with van der Waals surface area (Å²) in [7, 11) is 0. The van der Waals surface area contributed by atoms with Gasteiger partial charge >= 0.3 is 5.97 Å². The van der Waals surface area contributed by atoms with Gasteiger partial charge in [-0.25, -0.2) is 0 Å². The maximum atomic E-state index is 10.7. The summed E-state index contributed by atoms with van der Waals surface area (Å²) >= 11 is 0. The molecule has 1 atom stereocenters. The number of nitrogens with zero attached hydrogens (tertiary/aromatic N) is 2. The smallest absolute Gasteiger partial charge is 0.303 e. The van der Waals surface area contributed by atoms with Crippen molar-refractivity contribution in [1.29, 1.82) is 0 Å². The van der Waals surface area contributed by atoms with E-state index in [-0.39, 0.29) is 11.8 Å². The van der Waals surface area contributed by atoms with Gasteiger partial charge in [-0.05, 0) is 24.2 Å². The zero-order chi connectivity index (χ0) is 13.3. The van der Waals surface area contributed by atoms with E-state index >= 15 is 0 Å². The topological polar surface area (TPSA) is 76.2 Å². The molecule has 2 rings (SSSR count). The zero-order valence-electron chi connectivity index (χ0n) is 11.1. The van der Waals surface area contributed by atoms with Crippen molar-refractivity contribution in [2.75, 3.05) is 0 Å². The van der Waals surface area contributed by atoms with Gasteiger partial charge in [-0.15, -0.1) is 10.2 Å². The Balaban J connectivity index is 1.99. The van der Waals surface area contributed by atoms with Crippen LogP contribution in [0.5, 0.6) is 0 Å². The third kappa shape index (κ3) is 3.31. The highest BCUT2D eigenvalue weighted by molar-refractivity contribution is 5.67. The molecule has 0 spiro atoms. The molecule has 0 bridgehead atoms. The Kier molecular flexibility index (Phi) is 3.41. The van der Waals surface area contributed by atoms with Crippen molar-refractivity contribution in [3.63, 3.8) is 0 Å². The predicted octanol–water partition coefficient (Wildman–Crippen LogP) is 2.63. The molecule has 18 heavy (non-hydrogen) atoms. The average molecular weight is 252 g/mol. The first-order chi connectivity index (χ1) is 8.37. The van der Waals surface area contributed by atoms with Gasteiger partial charge in [0.15, 0.2) is 0 Å². The molecule has 1 N–H and O–H groups in total. The lowest BCUT2D eigenvalue weighted by molar-refractivity contribution is -0.139. The van der Waals surface area contributed by atoms with Crippen molar-refractivity contribution in [3.8, 4) is 0 Å². The third-order valence-electron chi connectivity index (χ3n) is 3.46. The van der Waals surface area contributed by atoms with Gasteiger partial charge in [-0.3, -0.25) is 4.79 Å². The summed E-state index contributed by atoms with van der Waals surface area (Å²) in [4.78, 5) is 10.7. The molecule has 1 aromatic rings. The van der Waals surface area contributed by atoms with Gasteiger partial charge in [0, 0.05) is 12.3 Å². The molecule has 1 heterocycles. The number of hydrogen-bond acceptors (Lipinski definition) is 4. The van der Waals surface area contributed by atoms with Crippen LogP contribution in [0, 0.1) is 11.3 Å². The van der Waals surface area contributed by atoms with E-state index in [1.54, 1.807) is 0 Å². The van der Waals surface area contributed by atoms with Gasteiger partial charge in [0.1, 0.15) is 0 Å². The highest BCUT2D eigenvalue weighted by Gasteiger charge is 2.33. The van der Waals surface area contributed by atoms with Crippen LogP contribution in [0.25, 0.3) is 0 Å². The van der Waals surface area contributed by atoms with Crippen LogP contribution in [0.3, 0.4) is 0 Å². The van der Waals surface area contributed by atoms with Crippen LogP contribution in [-0.2, 0) is 11.2 Å². The van der Waals surface area contributed by atoms with E-state index in [1.807, 2.05) is 13.8 Å². The molecule has 1 fully saturated rings. The molecular formula is C13H20N2O3. The van der Waals surface area contributed by atoms with Crippen molar-refractivity contribution in [1.82, 2.24) is 10.2 Å². The summed E-state index contributed by atoms with van der Waals surface area (Å²) in [5, 5.41) is 16.9. The van der Waals surface area contributed by atoms with Gasteiger partial charge < -0.3 is 9.52 Å². The van der Waals surface area contributed by atoms with Gasteiger partial charge in [-0.2, -0.15) is 0 Å². The number of carboxylic acid groups (broad SMARTS) is 1. The van der Waals surface area contributed by atoms with Crippen molar-refractivity contribution in [3.05, 3.63) is 11.8 Å². The second-order valence-electron chi connectivity index (χ2n) is 6.07. The average Bonchev–Trinajstić information content (AvgIpc) is 2.97. The number of rotatable bonds is 6. The Morgan fingerprint density at radius 1 is 1.50 bits per heavy atom. The fourth-order valence-corrected chi connectivity index (χ4v) is 2.20. The van der Waals surface area contributed by atoms with E-state index in [2.05, 4.69) is 17.1 Å². The number of carboxylic acids is 1. The SMILES string of the molecule is CC(c1nnc(CC(C)(C)CC(=O)O)o1)C1CC1. The van der Waals surface area contributed by atoms with Crippen LogP contribution in [-0.4, -0.2) is 21.3 Å². The molecule has 1 saturated carbocycles. The number of aromatic nitrogens is 2. The number of hydrogen-bond donors (Lipinski definition) is 1. The first kappa shape index (κ1) is 13.1. The first-order valence-electron chi connectivity index (χ1n) is 6.41. The Morgan fingerprint density at radius 3 is 2.72 bits per heavy atom. The minimum Gasteiger partial charge on any atom is -0.481 e. The highest BCUT2D eigenvalue weighted by Crippen LogP contribution is 2.41. The molecule has 0 aliphatic heterocycles. The van der Waals surface area contributed by atoms with Crippen LogP contribution in [0.15, 0.2) is 4.42 Å². The van der Waals surface area contributed by atoms with E-state index in [4.69, 9.17) is 9.52 Å². The lowest BCUT2D eigenvalue weighted by Crippen LogP contribution is -2.19. The van der Waals surface area contributed by atoms with E-state index in [9.17, 15) is 4.79 Å². The molecule has 0 amide bonds. The van der Waals surface area contributed by atoms with E-state index in [1.165, 1.54) is 12.8 Å². The monoisotopic (exact) mass is 252 g/mol. The Hall–Kier alpha value is -1.39. The second-order valence-corrected chi connectivity index (χ2v) is 6.07. The molecule has 0 radical (unpaired) electrons. The minimum atomic E-state index is -0.800. The summed E-state index contributed by atoms with van der Waals surface area (Å²) in [6, 6.07) is 0.